The number of aromatic nitrogens is 2. The molecule has 1 aromatic heterocycles. The number of hydrogen-bond donors (Lipinski definition) is 1. The van der Waals surface area contributed by atoms with Gasteiger partial charge in [-0.05, 0) is 30.4 Å². The van der Waals surface area contributed by atoms with E-state index in [4.69, 9.17) is 23.2 Å². The summed E-state index contributed by atoms with van der Waals surface area (Å²) in [6.07, 6.45) is 6.67. The molecule has 0 radical (unpaired) electrons. The summed E-state index contributed by atoms with van der Waals surface area (Å²) >= 11 is 12.3. The zero-order valence-corrected chi connectivity index (χ0v) is 17.3. The average molecular weight is 410 g/mol. The summed E-state index contributed by atoms with van der Waals surface area (Å²) in [4.78, 5) is 28.9. The maximum Gasteiger partial charge on any atom is 0.254 e. The van der Waals surface area contributed by atoms with Crippen molar-refractivity contribution in [3.63, 3.8) is 0 Å². The zero-order chi connectivity index (χ0) is 20.0. The van der Waals surface area contributed by atoms with E-state index in [0.29, 0.717) is 22.9 Å². The van der Waals surface area contributed by atoms with Gasteiger partial charge in [-0.15, -0.1) is 0 Å². The van der Waals surface area contributed by atoms with Gasteiger partial charge in [0.1, 0.15) is 0 Å². The van der Waals surface area contributed by atoms with Crippen molar-refractivity contribution < 1.29 is 9.59 Å². The van der Waals surface area contributed by atoms with Gasteiger partial charge >= 0.3 is 0 Å². The van der Waals surface area contributed by atoms with E-state index in [2.05, 4.69) is 31.1 Å². The number of rotatable bonds is 8. The minimum Gasteiger partial charge on any atom is -0.349 e. The largest absolute Gasteiger partial charge is 0.349 e. The summed E-state index contributed by atoms with van der Waals surface area (Å²) in [5.41, 5.74) is 0.264. The second-order valence-electron chi connectivity index (χ2n) is 7.84. The summed E-state index contributed by atoms with van der Waals surface area (Å²) in [6.45, 7) is 6.58. The molecule has 0 bridgehead atoms. The Morgan fingerprint density at radius 2 is 1.89 bits per heavy atom. The van der Waals surface area contributed by atoms with Crippen LogP contribution in [0.25, 0.3) is 0 Å². The Kier molecular flexibility index (Phi) is 7.45. The zero-order valence-electron chi connectivity index (χ0n) is 15.8. The second-order valence-corrected chi connectivity index (χ2v) is 8.66. The number of Topliss-reactive ketones (excluding diaryl/α,β-unsaturated/α-hetero) is 1. The molecule has 0 aliphatic carbocycles. The minimum atomic E-state index is -0.318. The topological polar surface area (TPSA) is 64.0 Å². The number of nitrogens with one attached hydrogen (secondary N) is 1. The van der Waals surface area contributed by atoms with Gasteiger partial charge < -0.3 is 9.88 Å². The van der Waals surface area contributed by atoms with Crippen molar-refractivity contribution in [2.24, 2.45) is 5.41 Å². The second kappa shape index (κ2) is 9.38. The van der Waals surface area contributed by atoms with Crippen LogP contribution in [0.5, 0.6) is 0 Å². The van der Waals surface area contributed by atoms with Crippen molar-refractivity contribution in [1.29, 1.82) is 0 Å². The standard InChI is InChI=1S/C20H25Cl2N3O2/c1-20(2,3)11-14(7-8-15(26)12-25-10-9-23-13-25)24-19(27)18-16(21)5-4-6-17(18)22/h4-6,9-10,13-14H,7-8,11-12H2,1-3H3,(H,24,27). The molecule has 1 atom stereocenters. The Labute approximate surface area is 170 Å². The number of halogens is 2. The first-order chi connectivity index (χ1) is 12.7. The monoisotopic (exact) mass is 409 g/mol. The van der Waals surface area contributed by atoms with Gasteiger partial charge in [-0.3, -0.25) is 9.59 Å². The van der Waals surface area contributed by atoms with E-state index in [-0.39, 0.29) is 35.3 Å². The number of nitrogens with zero attached hydrogens (tertiary/aromatic N) is 2. The predicted molar refractivity (Wildman–Crippen MR) is 108 cm³/mol. The molecule has 0 aliphatic heterocycles. The SMILES string of the molecule is CC(C)(C)CC(CCC(=O)Cn1ccnc1)NC(=O)c1c(Cl)cccc1Cl. The van der Waals surface area contributed by atoms with Gasteiger partial charge in [-0.25, -0.2) is 4.98 Å². The van der Waals surface area contributed by atoms with Crippen LogP contribution in [0.2, 0.25) is 10.0 Å². The quantitative estimate of drug-likeness (QED) is 0.682. The lowest BCUT2D eigenvalue weighted by atomic mass is 9.86. The third kappa shape index (κ3) is 7.00. The van der Waals surface area contributed by atoms with Crippen LogP contribution in [-0.4, -0.2) is 27.3 Å². The van der Waals surface area contributed by atoms with E-state index in [1.807, 2.05) is 0 Å². The fraction of sp³-hybridized carbons (Fsp3) is 0.450. The first kappa shape index (κ1) is 21.5. The summed E-state index contributed by atoms with van der Waals surface area (Å²) < 4.78 is 1.74. The van der Waals surface area contributed by atoms with E-state index < -0.39 is 0 Å². The highest BCUT2D eigenvalue weighted by Gasteiger charge is 2.23. The molecule has 1 N–H and O–H groups in total. The van der Waals surface area contributed by atoms with Crippen molar-refractivity contribution in [3.05, 3.63) is 52.5 Å². The van der Waals surface area contributed by atoms with Gasteiger partial charge in [0.15, 0.2) is 5.78 Å². The summed E-state index contributed by atoms with van der Waals surface area (Å²) in [6, 6.07) is 4.81. The molecule has 0 saturated heterocycles. The lowest BCUT2D eigenvalue weighted by molar-refractivity contribution is -0.119. The molecule has 1 unspecified atom stereocenters. The predicted octanol–water partition coefficient (Wildman–Crippen LogP) is 4.77. The maximum atomic E-state index is 12.7. The molecule has 0 saturated carbocycles. The van der Waals surface area contributed by atoms with Crippen molar-refractivity contribution in [2.45, 2.75) is 52.6 Å². The molecule has 1 heterocycles. The van der Waals surface area contributed by atoms with E-state index >= 15 is 0 Å². The van der Waals surface area contributed by atoms with E-state index in [1.54, 1.807) is 41.5 Å². The van der Waals surface area contributed by atoms with Crippen LogP contribution in [0.1, 0.15) is 50.4 Å². The number of hydrogen-bond acceptors (Lipinski definition) is 3. The molecule has 0 fully saturated rings. The Morgan fingerprint density at radius 1 is 1.22 bits per heavy atom. The van der Waals surface area contributed by atoms with Crippen LogP contribution in [0.3, 0.4) is 0 Å². The highest BCUT2D eigenvalue weighted by atomic mass is 35.5. The number of carbonyl (C=O) groups excluding carboxylic acids is 2. The number of carbonyl (C=O) groups is 2. The van der Waals surface area contributed by atoms with Crippen LogP contribution in [-0.2, 0) is 11.3 Å². The van der Waals surface area contributed by atoms with Crippen LogP contribution in [0.15, 0.2) is 36.9 Å². The normalized spacial score (nSPS) is 12.6. The van der Waals surface area contributed by atoms with Gasteiger partial charge in [0.2, 0.25) is 0 Å². The van der Waals surface area contributed by atoms with Crippen molar-refractivity contribution in [1.82, 2.24) is 14.9 Å². The van der Waals surface area contributed by atoms with Crippen molar-refractivity contribution >= 4 is 34.9 Å². The van der Waals surface area contributed by atoms with E-state index in [9.17, 15) is 9.59 Å². The first-order valence-electron chi connectivity index (χ1n) is 8.88. The molecule has 0 aliphatic rings. The fourth-order valence-electron chi connectivity index (χ4n) is 2.93. The number of amides is 1. The lowest BCUT2D eigenvalue weighted by Gasteiger charge is -2.27. The van der Waals surface area contributed by atoms with Gasteiger partial charge in [-0.2, -0.15) is 0 Å². The molecule has 5 nitrogen and oxygen atoms in total. The first-order valence-corrected chi connectivity index (χ1v) is 9.63. The Morgan fingerprint density at radius 3 is 2.44 bits per heavy atom. The highest BCUT2D eigenvalue weighted by Crippen LogP contribution is 2.26. The summed E-state index contributed by atoms with van der Waals surface area (Å²) in [5, 5.41) is 3.63. The van der Waals surface area contributed by atoms with Gasteiger partial charge in [0.25, 0.3) is 5.91 Å². The number of imidazole rings is 1. The number of benzene rings is 1. The summed E-state index contributed by atoms with van der Waals surface area (Å²) in [7, 11) is 0. The van der Waals surface area contributed by atoms with Crippen LogP contribution >= 0.6 is 23.2 Å². The Hall–Kier alpha value is -1.85. The molecule has 146 valence electrons. The van der Waals surface area contributed by atoms with Crippen LogP contribution in [0.4, 0.5) is 0 Å². The molecule has 27 heavy (non-hydrogen) atoms. The third-order valence-corrected chi connectivity index (χ3v) is 4.70. The van der Waals surface area contributed by atoms with Crippen LogP contribution in [0, 0.1) is 5.41 Å². The molecular weight excluding hydrogens is 385 g/mol. The number of ketones is 1. The molecule has 7 heteroatoms. The van der Waals surface area contributed by atoms with Gasteiger partial charge in [-0.1, -0.05) is 50.0 Å². The smallest absolute Gasteiger partial charge is 0.254 e. The highest BCUT2D eigenvalue weighted by molar-refractivity contribution is 6.39. The molecular formula is C20H25Cl2N3O2. The van der Waals surface area contributed by atoms with E-state index in [0.717, 1.165) is 6.42 Å². The lowest BCUT2D eigenvalue weighted by Crippen LogP contribution is -2.38. The molecule has 2 rings (SSSR count). The minimum absolute atomic E-state index is 0.00435. The maximum absolute atomic E-state index is 12.7. The van der Waals surface area contributed by atoms with Crippen molar-refractivity contribution in [3.8, 4) is 0 Å². The van der Waals surface area contributed by atoms with E-state index in [1.165, 1.54) is 0 Å². The molecule has 2 aromatic rings. The summed E-state index contributed by atoms with van der Waals surface area (Å²) in [5.74, 6) is -0.223. The van der Waals surface area contributed by atoms with Gasteiger partial charge in [0, 0.05) is 24.9 Å². The third-order valence-electron chi connectivity index (χ3n) is 4.07. The fourth-order valence-corrected chi connectivity index (χ4v) is 3.50. The Balaban J connectivity index is 2.03. The molecule has 1 amide bonds. The molecule has 0 spiro atoms. The average Bonchev–Trinajstić information content (AvgIpc) is 3.04. The van der Waals surface area contributed by atoms with Crippen LogP contribution < -0.4 is 5.32 Å². The van der Waals surface area contributed by atoms with Gasteiger partial charge in [0.05, 0.1) is 28.5 Å². The van der Waals surface area contributed by atoms with Crippen molar-refractivity contribution in [2.75, 3.05) is 0 Å². The Bertz CT molecular complexity index is 763. The molecule has 1 aromatic carbocycles.